The third-order valence-corrected chi connectivity index (χ3v) is 4.74. The van der Waals surface area contributed by atoms with Gasteiger partial charge in [-0.15, -0.1) is 11.3 Å². The summed E-state index contributed by atoms with van der Waals surface area (Å²) in [5.41, 5.74) is 1.66. The molecule has 1 aliphatic carbocycles. The number of rotatable bonds is 5. The molecule has 1 saturated carbocycles. The van der Waals surface area contributed by atoms with Crippen LogP contribution in [0.3, 0.4) is 0 Å². The van der Waals surface area contributed by atoms with Gasteiger partial charge in [0.25, 0.3) is 0 Å². The van der Waals surface area contributed by atoms with Gasteiger partial charge in [0.15, 0.2) is 0 Å². The van der Waals surface area contributed by atoms with E-state index >= 15 is 0 Å². The van der Waals surface area contributed by atoms with Crippen molar-refractivity contribution >= 4 is 21.6 Å². The molecular formula is C15H20N2S. The Morgan fingerprint density at radius 1 is 1.33 bits per heavy atom. The highest BCUT2D eigenvalue weighted by molar-refractivity contribution is 7.18. The lowest BCUT2D eigenvalue weighted by molar-refractivity contribution is 0.429. The molecule has 0 atom stereocenters. The van der Waals surface area contributed by atoms with Crippen molar-refractivity contribution in [3.8, 4) is 0 Å². The van der Waals surface area contributed by atoms with Crippen LogP contribution in [0.5, 0.6) is 0 Å². The summed E-state index contributed by atoms with van der Waals surface area (Å²) in [5.74, 6) is 0. The number of benzene rings is 1. The molecule has 0 aliphatic heterocycles. The van der Waals surface area contributed by atoms with Crippen molar-refractivity contribution in [2.75, 3.05) is 6.54 Å². The molecule has 2 aromatic rings. The van der Waals surface area contributed by atoms with Gasteiger partial charge < -0.3 is 5.32 Å². The number of hydrogen-bond acceptors (Lipinski definition) is 3. The molecule has 0 spiro atoms. The largest absolute Gasteiger partial charge is 0.314 e. The highest BCUT2D eigenvalue weighted by Crippen LogP contribution is 2.48. The summed E-state index contributed by atoms with van der Waals surface area (Å²) in [6.07, 6.45) is 3.84. The second-order valence-electron chi connectivity index (χ2n) is 5.79. The molecule has 0 unspecified atom stereocenters. The Labute approximate surface area is 112 Å². The minimum absolute atomic E-state index is 0.498. The molecule has 1 aliphatic rings. The Morgan fingerprint density at radius 3 is 2.78 bits per heavy atom. The van der Waals surface area contributed by atoms with Crippen LogP contribution in [0, 0.1) is 5.41 Å². The molecular weight excluding hydrogens is 240 g/mol. The fourth-order valence-electron chi connectivity index (χ4n) is 2.33. The number of hydrogen-bond donors (Lipinski definition) is 1. The van der Waals surface area contributed by atoms with E-state index in [0.717, 1.165) is 18.5 Å². The van der Waals surface area contributed by atoms with E-state index in [1.165, 1.54) is 22.5 Å². The van der Waals surface area contributed by atoms with Crippen LogP contribution < -0.4 is 5.32 Å². The van der Waals surface area contributed by atoms with Gasteiger partial charge in [-0.05, 0) is 30.4 Å². The van der Waals surface area contributed by atoms with Gasteiger partial charge in [-0.3, -0.25) is 0 Å². The number of nitrogens with one attached hydrogen (secondary N) is 1. The highest BCUT2D eigenvalue weighted by atomic mass is 32.1. The van der Waals surface area contributed by atoms with Crippen LogP contribution in [-0.4, -0.2) is 17.6 Å². The smallest absolute Gasteiger partial charge is 0.0944 e. The molecule has 96 valence electrons. The maximum Gasteiger partial charge on any atom is 0.0944 e. The normalized spacial score (nSPS) is 17.5. The van der Waals surface area contributed by atoms with E-state index in [-0.39, 0.29) is 0 Å². The van der Waals surface area contributed by atoms with Crippen LogP contribution in [0.4, 0.5) is 0 Å². The van der Waals surface area contributed by atoms with E-state index in [9.17, 15) is 0 Å². The second-order valence-corrected chi connectivity index (χ2v) is 6.90. The molecule has 2 nitrogen and oxygen atoms in total. The average molecular weight is 260 g/mol. The minimum Gasteiger partial charge on any atom is -0.314 e. The van der Waals surface area contributed by atoms with E-state index in [1.807, 2.05) is 11.3 Å². The van der Waals surface area contributed by atoms with Crippen LogP contribution in [0.25, 0.3) is 10.2 Å². The van der Waals surface area contributed by atoms with Gasteiger partial charge >= 0.3 is 0 Å². The van der Waals surface area contributed by atoms with Crippen molar-refractivity contribution in [2.45, 2.75) is 39.2 Å². The van der Waals surface area contributed by atoms with E-state index in [1.54, 1.807) is 0 Å². The molecule has 3 heteroatoms. The zero-order chi connectivity index (χ0) is 12.6. The molecule has 0 bridgehead atoms. The van der Waals surface area contributed by atoms with Gasteiger partial charge in [-0.25, -0.2) is 4.98 Å². The standard InChI is InChI=1S/C15H20N2S/c1-11(2)16-10-15(7-8-15)9-14-17-12-5-3-4-6-13(12)18-14/h3-6,11,16H,7-10H2,1-2H3. The predicted octanol–water partition coefficient (Wildman–Crippen LogP) is 3.62. The number of aromatic nitrogens is 1. The van der Waals surface area contributed by atoms with E-state index in [0.29, 0.717) is 11.5 Å². The maximum absolute atomic E-state index is 4.76. The first-order valence-electron chi connectivity index (χ1n) is 6.75. The summed E-state index contributed by atoms with van der Waals surface area (Å²) in [5, 5.41) is 4.88. The maximum atomic E-state index is 4.76. The van der Waals surface area contributed by atoms with Gasteiger partial charge in [0.05, 0.1) is 15.2 Å². The number of fused-ring (bicyclic) bond motifs is 1. The van der Waals surface area contributed by atoms with Crippen molar-refractivity contribution in [3.63, 3.8) is 0 Å². The molecule has 1 fully saturated rings. The van der Waals surface area contributed by atoms with Gasteiger partial charge in [-0.1, -0.05) is 26.0 Å². The second kappa shape index (κ2) is 4.63. The quantitative estimate of drug-likeness (QED) is 0.888. The Kier molecular flexibility index (Phi) is 3.12. The molecule has 0 amide bonds. The van der Waals surface area contributed by atoms with Gasteiger partial charge in [0, 0.05) is 19.0 Å². The van der Waals surface area contributed by atoms with Gasteiger partial charge in [0.2, 0.25) is 0 Å². The summed E-state index contributed by atoms with van der Waals surface area (Å²) >= 11 is 1.86. The summed E-state index contributed by atoms with van der Waals surface area (Å²) in [6, 6.07) is 9.03. The predicted molar refractivity (Wildman–Crippen MR) is 78.1 cm³/mol. The van der Waals surface area contributed by atoms with E-state index < -0.39 is 0 Å². The minimum atomic E-state index is 0.498. The molecule has 1 aromatic carbocycles. The first-order chi connectivity index (χ1) is 8.67. The molecule has 3 rings (SSSR count). The SMILES string of the molecule is CC(C)NCC1(Cc2nc3ccccc3s2)CC1. The van der Waals surface area contributed by atoms with Crippen LogP contribution in [-0.2, 0) is 6.42 Å². The van der Waals surface area contributed by atoms with Crippen molar-refractivity contribution in [1.29, 1.82) is 0 Å². The zero-order valence-electron chi connectivity index (χ0n) is 11.1. The lowest BCUT2D eigenvalue weighted by Crippen LogP contribution is -2.30. The fraction of sp³-hybridized carbons (Fsp3) is 0.533. The third kappa shape index (κ3) is 2.57. The van der Waals surface area contributed by atoms with Crippen LogP contribution in [0.2, 0.25) is 0 Å². The molecule has 1 aromatic heterocycles. The molecule has 18 heavy (non-hydrogen) atoms. The van der Waals surface area contributed by atoms with Crippen LogP contribution in [0.1, 0.15) is 31.7 Å². The Balaban J connectivity index is 1.72. The van der Waals surface area contributed by atoms with Gasteiger partial charge in [0.1, 0.15) is 0 Å². The Hall–Kier alpha value is -0.930. The van der Waals surface area contributed by atoms with Crippen LogP contribution in [0.15, 0.2) is 24.3 Å². The van der Waals surface area contributed by atoms with Gasteiger partial charge in [-0.2, -0.15) is 0 Å². The topological polar surface area (TPSA) is 24.9 Å². The highest BCUT2D eigenvalue weighted by Gasteiger charge is 2.42. The molecule has 0 saturated heterocycles. The summed E-state index contributed by atoms with van der Waals surface area (Å²) in [4.78, 5) is 4.76. The van der Waals surface area contributed by atoms with E-state index in [2.05, 4.69) is 43.4 Å². The lowest BCUT2D eigenvalue weighted by Gasteiger charge is -2.16. The lowest BCUT2D eigenvalue weighted by atomic mass is 10.0. The Bertz CT molecular complexity index is 507. The third-order valence-electron chi connectivity index (χ3n) is 3.71. The van der Waals surface area contributed by atoms with Crippen LogP contribution >= 0.6 is 11.3 Å². The average Bonchev–Trinajstić information content (AvgIpc) is 2.98. The Morgan fingerprint density at radius 2 is 2.11 bits per heavy atom. The monoisotopic (exact) mass is 260 g/mol. The van der Waals surface area contributed by atoms with Crippen molar-refractivity contribution in [2.24, 2.45) is 5.41 Å². The summed E-state index contributed by atoms with van der Waals surface area (Å²) in [7, 11) is 0. The fourth-order valence-corrected chi connectivity index (χ4v) is 3.47. The molecule has 1 heterocycles. The van der Waals surface area contributed by atoms with Crippen molar-refractivity contribution in [1.82, 2.24) is 10.3 Å². The van der Waals surface area contributed by atoms with Crippen molar-refractivity contribution in [3.05, 3.63) is 29.3 Å². The van der Waals surface area contributed by atoms with Crippen molar-refractivity contribution < 1.29 is 0 Å². The number of thiazole rings is 1. The van der Waals surface area contributed by atoms with E-state index in [4.69, 9.17) is 4.98 Å². The summed E-state index contributed by atoms with van der Waals surface area (Å²) in [6.45, 7) is 5.57. The first kappa shape index (κ1) is 12.1. The number of para-hydroxylation sites is 1. The molecule has 1 N–H and O–H groups in total. The molecule has 0 radical (unpaired) electrons. The summed E-state index contributed by atoms with van der Waals surface area (Å²) < 4.78 is 1.32. The zero-order valence-corrected chi connectivity index (χ0v) is 11.9. The first-order valence-corrected chi connectivity index (χ1v) is 7.56. The number of nitrogens with zero attached hydrogens (tertiary/aromatic N) is 1.